The summed E-state index contributed by atoms with van der Waals surface area (Å²) >= 11 is 0. The van der Waals surface area contributed by atoms with Crippen LogP contribution in [-0.2, 0) is 9.53 Å². The van der Waals surface area contributed by atoms with Crippen molar-refractivity contribution in [3.8, 4) is 0 Å². The zero-order valence-electron chi connectivity index (χ0n) is 9.34. The van der Waals surface area contributed by atoms with Crippen molar-refractivity contribution >= 4 is 5.78 Å². The number of ketones is 1. The van der Waals surface area contributed by atoms with Gasteiger partial charge in [0.15, 0.2) is 0 Å². The third-order valence-corrected chi connectivity index (χ3v) is 3.40. The van der Waals surface area contributed by atoms with Gasteiger partial charge in [0.1, 0.15) is 5.78 Å². The maximum atomic E-state index is 11.9. The number of ether oxygens (including phenoxy) is 1. The van der Waals surface area contributed by atoms with Crippen LogP contribution in [0.4, 0.5) is 0 Å². The van der Waals surface area contributed by atoms with E-state index in [-0.39, 0.29) is 5.92 Å². The molecule has 1 aliphatic heterocycles. The molecule has 1 aliphatic carbocycles. The molecule has 2 nitrogen and oxygen atoms in total. The zero-order valence-corrected chi connectivity index (χ0v) is 9.34. The van der Waals surface area contributed by atoms with Crippen LogP contribution in [0.15, 0.2) is 11.6 Å². The van der Waals surface area contributed by atoms with E-state index in [1.807, 2.05) is 0 Å². The Kier molecular flexibility index (Phi) is 3.95. The second-order valence-electron chi connectivity index (χ2n) is 4.67. The van der Waals surface area contributed by atoms with Gasteiger partial charge in [-0.1, -0.05) is 11.6 Å². The van der Waals surface area contributed by atoms with Crippen molar-refractivity contribution < 1.29 is 9.53 Å². The van der Waals surface area contributed by atoms with Gasteiger partial charge in [-0.2, -0.15) is 0 Å². The highest BCUT2D eigenvalue weighted by molar-refractivity contribution is 5.83. The minimum absolute atomic E-state index is 0.182. The van der Waals surface area contributed by atoms with Crippen molar-refractivity contribution in [3.63, 3.8) is 0 Å². The molecule has 2 aliphatic rings. The fourth-order valence-corrected chi connectivity index (χ4v) is 2.43. The summed E-state index contributed by atoms with van der Waals surface area (Å²) in [7, 11) is 0. The summed E-state index contributed by atoms with van der Waals surface area (Å²) in [5.41, 5.74) is 1.37. The molecule has 0 N–H and O–H groups in total. The molecular weight excluding hydrogens is 188 g/mol. The lowest BCUT2D eigenvalue weighted by Gasteiger charge is -2.22. The molecular formula is C13H20O2. The number of carbonyl (C=O) groups is 1. The molecule has 1 unspecified atom stereocenters. The van der Waals surface area contributed by atoms with E-state index in [9.17, 15) is 4.79 Å². The lowest BCUT2D eigenvalue weighted by atomic mass is 9.89. The van der Waals surface area contributed by atoms with Gasteiger partial charge in [-0.25, -0.2) is 0 Å². The summed E-state index contributed by atoms with van der Waals surface area (Å²) in [5.74, 6) is 0.587. The number of hydrogen-bond acceptors (Lipinski definition) is 2. The molecule has 0 aromatic carbocycles. The second kappa shape index (κ2) is 5.45. The number of hydrogen-bond donors (Lipinski definition) is 0. The predicted molar refractivity (Wildman–Crippen MR) is 59.7 cm³/mol. The minimum atomic E-state index is 0.182. The third-order valence-electron chi connectivity index (χ3n) is 3.40. The van der Waals surface area contributed by atoms with E-state index < -0.39 is 0 Å². The summed E-state index contributed by atoms with van der Waals surface area (Å²) < 4.78 is 5.35. The molecule has 0 aromatic rings. The number of allylic oxidation sites excluding steroid dienone is 2. The first-order valence-electron chi connectivity index (χ1n) is 6.14. The van der Waals surface area contributed by atoms with E-state index in [0.29, 0.717) is 18.8 Å². The van der Waals surface area contributed by atoms with Gasteiger partial charge in [0.25, 0.3) is 0 Å². The standard InChI is InChI=1S/C13H20O2/c14-13(12-7-4-8-15-10-12)9-11-5-2-1-3-6-11/h5,12H,1-4,6-10H2. The largest absolute Gasteiger partial charge is 0.381 e. The smallest absolute Gasteiger partial charge is 0.142 e. The monoisotopic (exact) mass is 208 g/mol. The second-order valence-corrected chi connectivity index (χ2v) is 4.67. The average molecular weight is 208 g/mol. The van der Waals surface area contributed by atoms with E-state index in [0.717, 1.165) is 25.9 Å². The Balaban J connectivity index is 1.82. The van der Waals surface area contributed by atoms with Crippen LogP contribution in [0.2, 0.25) is 0 Å². The zero-order chi connectivity index (χ0) is 10.5. The summed E-state index contributed by atoms with van der Waals surface area (Å²) in [6, 6.07) is 0. The highest BCUT2D eigenvalue weighted by atomic mass is 16.5. The van der Waals surface area contributed by atoms with Gasteiger partial charge in [0.2, 0.25) is 0 Å². The Hall–Kier alpha value is -0.630. The molecule has 1 atom stereocenters. The Morgan fingerprint density at radius 3 is 3.00 bits per heavy atom. The van der Waals surface area contributed by atoms with Crippen LogP contribution in [0.1, 0.15) is 44.9 Å². The molecule has 1 heterocycles. The highest BCUT2D eigenvalue weighted by Crippen LogP contribution is 2.24. The van der Waals surface area contributed by atoms with Crippen LogP contribution in [0.25, 0.3) is 0 Å². The van der Waals surface area contributed by atoms with Gasteiger partial charge >= 0.3 is 0 Å². The molecule has 0 saturated carbocycles. The molecule has 2 rings (SSSR count). The molecule has 1 saturated heterocycles. The fourth-order valence-electron chi connectivity index (χ4n) is 2.43. The minimum Gasteiger partial charge on any atom is -0.381 e. The van der Waals surface area contributed by atoms with Crippen molar-refractivity contribution in [3.05, 3.63) is 11.6 Å². The molecule has 0 amide bonds. The van der Waals surface area contributed by atoms with Crippen molar-refractivity contribution in [2.45, 2.75) is 44.9 Å². The molecule has 15 heavy (non-hydrogen) atoms. The summed E-state index contributed by atoms with van der Waals surface area (Å²) in [6.45, 7) is 1.50. The van der Waals surface area contributed by atoms with Crippen LogP contribution in [0.5, 0.6) is 0 Å². The fraction of sp³-hybridized carbons (Fsp3) is 0.769. The van der Waals surface area contributed by atoms with Crippen LogP contribution in [-0.4, -0.2) is 19.0 Å². The maximum absolute atomic E-state index is 11.9. The van der Waals surface area contributed by atoms with E-state index in [2.05, 4.69) is 6.08 Å². The normalized spacial score (nSPS) is 27.2. The summed E-state index contributed by atoms with van der Waals surface area (Å²) in [6.07, 6.45) is 9.91. The van der Waals surface area contributed by atoms with E-state index in [1.54, 1.807) is 0 Å². The molecule has 1 fully saturated rings. The number of Topliss-reactive ketones (excluding diaryl/α,β-unsaturated/α-hetero) is 1. The van der Waals surface area contributed by atoms with Crippen LogP contribution in [0, 0.1) is 5.92 Å². The first-order chi connectivity index (χ1) is 7.36. The van der Waals surface area contributed by atoms with Crippen molar-refractivity contribution in [1.29, 1.82) is 0 Å². The molecule has 0 aromatic heterocycles. The SMILES string of the molecule is O=C(CC1=CCCCC1)C1CCCOC1. The Morgan fingerprint density at radius 2 is 2.33 bits per heavy atom. The lowest BCUT2D eigenvalue weighted by molar-refractivity contribution is -0.126. The topological polar surface area (TPSA) is 26.3 Å². The average Bonchev–Trinajstić information content (AvgIpc) is 2.31. The van der Waals surface area contributed by atoms with Crippen molar-refractivity contribution in [2.24, 2.45) is 5.92 Å². The predicted octanol–water partition coefficient (Wildman–Crippen LogP) is 2.87. The van der Waals surface area contributed by atoms with Crippen LogP contribution < -0.4 is 0 Å². The van der Waals surface area contributed by atoms with Gasteiger partial charge in [-0.05, 0) is 38.5 Å². The summed E-state index contributed by atoms with van der Waals surface area (Å²) in [4.78, 5) is 11.9. The molecule has 84 valence electrons. The number of carbonyl (C=O) groups excluding carboxylic acids is 1. The van der Waals surface area contributed by atoms with E-state index >= 15 is 0 Å². The van der Waals surface area contributed by atoms with Gasteiger partial charge in [-0.15, -0.1) is 0 Å². The molecule has 2 heteroatoms. The highest BCUT2D eigenvalue weighted by Gasteiger charge is 2.22. The Bertz CT molecular complexity index is 249. The van der Waals surface area contributed by atoms with E-state index in [1.165, 1.54) is 24.8 Å². The number of rotatable bonds is 3. The quantitative estimate of drug-likeness (QED) is 0.667. The van der Waals surface area contributed by atoms with Gasteiger partial charge in [-0.3, -0.25) is 4.79 Å². The van der Waals surface area contributed by atoms with Crippen molar-refractivity contribution in [1.82, 2.24) is 0 Å². The van der Waals surface area contributed by atoms with Crippen molar-refractivity contribution in [2.75, 3.05) is 13.2 Å². The van der Waals surface area contributed by atoms with E-state index in [4.69, 9.17) is 4.74 Å². The van der Waals surface area contributed by atoms with Crippen LogP contribution in [0.3, 0.4) is 0 Å². The van der Waals surface area contributed by atoms with Crippen LogP contribution >= 0.6 is 0 Å². The first-order valence-corrected chi connectivity index (χ1v) is 6.14. The summed E-state index contributed by atoms with van der Waals surface area (Å²) in [5, 5.41) is 0. The molecule has 0 bridgehead atoms. The Morgan fingerprint density at radius 1 is 1.40 bits per heavy atom. The third kappa shape index (κ3) is 3.16. The van der Waals surface area contributed by atoms with Gasteiger partial charge in [0, 0.05) is 18.9 Å². The maximum Gasteiger partial charge on any atom is 0.142 e. The molecule has 0 spiro atoms. The Labute approximate surface area is 91.7 Å². The van der Waals surface area contributed by atoms with Gasteiger partial charge < -0.3 is 4.74 Å². The molecule has 0 radical (unpaired) electrons. The van der Waals surface area contributed by atoms with Gasteiger partial charge in [0.05, 0.1) is 6.61 Å². The first kappa shape index (κ1) is 10.9. The lowest BCUT2D eigenvalue weighted by Crippen LogP contribution is -2.25.